The van der Waals surface area contributed by atoms with E-state index in [2.05, 4.69) is 37.4 Å². The lowest BCUT2D eigenvalue weighted by molar-refractivity contribution is 0.359. The average molecular weight is 241 g/mol. The second kappa shape index (κ2) is 4.50. The lowest BCUT2D eigenvalue weighted by Crippen LogP contribution is -2.19. The van der Waals surface area contributed by atoms with Gasteiger partial charge in [-0.15, -0.1) is 6.42 Å². The smallest absolute Gasteiger partial charge is 0.0599 e. The van der Waals surface area contributed by atoms with Crippen LogP contribution < -0.4 is 0 Å². The summed E-state index contributed by atoms with van der Waals surface area (Å²) in [5.74, 6) is 2.62. The number of hydrogen-bond acceptors (Lipinski definition) is 1. The highest BCUT2D eigenvalue weighted by Crippen LogP contribution is 2.14. The van der Waals surface area contributed by atoms with Gasteiger partial charge in [0.2, 0.25) is 0 Å². The largest absolute Gasteiger partial charge is 0.352 e. The Morgan fingerprint density at radius 3 is 2.85 bits per heavy atom. The van der Waals surface area contributed by atoms with Crippen molar-refractivity contribution in [1.82, 2.24) is 9.47 Å². The van der Waals surface area contributed by atoms with Crippen LogP contribution in [0.15, 0.2) is 16.7 Å². The highest BCUT2D eigenvalue weighted by atomic mass is 79.9. The fraction of sp³-hybridized carbons (Fsp3) is 0.400. The van der Waals surface area contributed by atoms with Crippen LogP contribution >= 0.6 is 15.9 Å². The number of terminal acetylenes is 1. The van der Waals surface area contributed by atoms with Crippen molar-refractivity contribution < 1.29 is 0 Å². The second-order valence-corrected chi connectivity index (χ2v) is 4.05. The summed E-state index contributed by atoms with van der Waals surface area (Å²) in [6, 6.07) is 2.10. The maximum absolute atomic E-state index is 5.22. The molecule has 0 N–H and O–H groups in total. The molecule has 2 nitrogen and oxygen atoms in total. The molecule has 0 bridgehead atoms. The molecule has 0 atom stereocenters. The Kier molecular flexibility index (Phi) is 3.58. The molecule has 0 fully saturated rings. The van der Waals surface area contributed by atoms with Crippen molar-refractivity contribution in [1.29, 1.82) is 0 Å². The standard InChI is InChI=1S/C10H13BrN2/c1-4-5-12(2)8-10-6-9(11)7-13(10)3/h1,6-7H,5,8H2,2-3H3. The number of hydrogen-bond donors (Lipinski definition) is 0. The number of nitrogens with zero attached hydrogens (tertiary/aromatic N) is 2. The Hall–Kier alpha value is -0.720. The van der Waals surface area contributed by atoms with Gasteiger partial charge in [0.15, 0.2) is 0 Å². The Labute approximate surface area is 87.7 Å². The number of rotatable bonds is 3. The summed E-state index contributed by atoms with van der Waals surface area (Å²) in [5.41, 5.74) is 1.25. The van der Waals surface area contributed by atoms with Crippen molar-refractivity contribution in [2.75, 3.05) is 13.6 Å². The molecule has 1 rings (SSSR count). The molecule has 0 aromatic carbocycles. The zero-order valence-corrected chi connectivity index (χ0v) is 9.50. The first kappa shape index (κ1) is 10.4. The molecule has 0 amide bonds. The van der Waals surface area contributed by atoms with Crippen LogP contribution in [0.5, 0.6) is 0 Å². The third-order valence-corrected chi connectivity index (χ3v) is 2.30. The van der Waals surface area contributed by atoms with Gasteiger partial charge in [0.1, 0.15) is 0 Å². The van der Waals surface area contributed by atoms with Crippen LogP contribution in [0.3, 0.4) is 0 Å². The number of aryl methyl sites for hydroxylation is 1. The van der Waals surface area contributed by atoms with E-state index in [4.69, 9.17) is 6.42 Å². The van der Waals surface area contributed by atoms with Gasteiger partial charge in [-0.1, -0.05) is 5.92 Å². The highest BCUT2D eigenvalue weighted by Gasteiger charge is 2.03. The van der Waals surface area contributed by atoms with E-state index in [-0.39, 0.29) is 0 Å². The monoisotopic (exact) mass is 240 g/mol. The Morgan fingerprint density at radius 1 is 1.69 bits per heavy atom. The number of aromatic nitrogens is 1. The summed E-state index contributed by atoms with van der Waals surface area (Å²) in [6.45, 7) is 1.56. The van der Waals surface area contributed by atoms with Crippen molar-refractivity contribution in [2.45, 2.75) is 6.54 Å². The van der Waals surface area contributed by atoms with Crippen LogP contribution in [-0.2, 0) is 13.6 Å². The molecule has 70 valence electrons. The molecule has 0 radical (unpaired) electrons. The first-order valence-corrected chi connectivity index (χ1v) is 4.85. The molecule has 0 saturated carbocycles. The Bertz CT molecular complexity index is 322. The van der Waals surface area contributed by atoms with E-state index < -0.39 is 0 Å². The number of halogens is 1. The van der Waals surface area contributed by atoms with Crippen molar-refractivity contribution >= 4 is 15.9 Å². The van der Waals surface area contributed by atoms with E-state index >= 15 is 0 Å². The lowest BCUT2D eigenvalue weighted by Gasteiger charge is -2.13. The maximum Gasteiger partial charge on any atom is 0.0599 e. The molecule has 1 heterocycles. The van der Waals surface area contributed by atoms with Gasteiger partial charge in [0.05, 0.1) is 6.54 Å². The molecule has 1 aromatic heterocycles. The van der Waals surface area contributed by atoms with Gasteiger partial charge in [0.25, 0.3) is 0 Å². The lowest BCUT2D eigenvalue weighted by atomic mass is 10.4. The van der Waals surface area contributed by atoms with Crippen LogP contribution in [-0.4, -0.2) is 23.1 Å². The third kappa shape index (κ3) is 2.91. The molecule has 0 aliphatic rings. The van der Waals surface area contributed by atoms with E-state index in [1.165, 1.54) is 5.69 Å². The van der Waals surface area contributed by atoms with Gasteiger partial charge in [-0.2, -0.15) is 0 Å². The average Bonchev–Trinajstić information content (AvgIpc) is 2.30. The minimum Gasteiger partial charge on any atom is -0.352 e. The summed E-state index contributed by atoms with van der Waals surface area (Å²) in [5, 5.41) is 0. The SMILES string of the molecule is C#CCN(C)Cc1cc(Br)cn1C. The Morgan fingerprint density at radius 2 is 2.38 bits per heavy atom. The first-order valence-electron chi connectivity index (χ1n) is 4.06. The van der Waals surface area contributed by atoms with E-state index in [9.17, 15) is 0 Å². The van der Waals surface area contributed by atoms with E-state index in [1.807, 2.05) is 20.3 Å². The molecular weight excluding hydrogens is 228 g/mol. The van der Waals surface area contributed by atoms with Crippen LogP contribution in [0, 0.1) is 12.3 Å². The molecule has 1 aromatic rings. The summed E-state index contributed by atoms with van der Waals surface area (Å²) >= 11 is 3.43. The molecular formula is C10H13BrN2. The molecule has 3 heteroatoms. The van der Waals surface area contributed by atoms with Gasteiger partial charge in [-0.25, -0.2) is 0 Å². The van der Waals surface area contributed by atoms with Crippen molar-refractivity contribution in [3.05, 3.63) is 22.4 Å². The van der Waals surface area contributed by atoms with Gasteiger partial charge in [-0.05, 0) is 29.0 Å². The molecule has 0 unspecified atom stereocenters. The maximum atomic E-state index is 5.22. The van der Waals surface area contributed by atoms with Crippen molar-refractivity contribution in [3.8, 4) is 12.3 Å². The molecule has 0 aliphatic heterocycles. The summed E-state index contributed by atoms with van der Waals surface area (Å²) < 4.78 is 3.20. The van der Waals surface area contributed by atoms with Gasteiger partial charge < -0.3 is 4.57 Å². The third-order valence-electron chi connectivity index (χ3n) is 1.87. The minimum atomic E-state index is 0.683. The summed E-state index contributed by atoms with van der Waals surface area (Å²) in [6.07, 6.45) is 7.26. The van der Waals surface area contributed by atoms with Crippen LogP contribution in [0.25, 0.3) is 0 Å². The zero-order chi connectivity index (χ0) is 9.84. The normalized spacial score (nSPS) is 10.4. The Balaban J connectivity index is 2.64. The predicted octanol–water partition coefficient (Wildman–Crippen LogP) is 1.85. The van der Waals surface area contributed by atoms with Crippen molar-refractivity contribution in [3.63, 3.8) is 0 Å². The predicted molar refractivity (Wildman–Crippen MR) is 58.3 cm³/mol. The quantitative estimate of drug-likeness (QED) is 0.733. The molecule has 13 heavy (non-hydrogen) atoms. The fourth-order valence-corrected chi connectivity index (χ4v) is 1.78. The molecule has 0 spiro atoms. The van der Waals surface area contributed by atoms with Gasteiger partial charge in [-0.3, -0.25) is 4.90 Å². The highest BCUT2D eigenvalue weighted by molar-refractivity contribution is 9.10. The summed E-state index contributed by atoms with van der Waals surface area (Å²) in [7, 11) is 4.05. The van der Waals surface area contributed by atoms with Crippen LogP contribution in [0.4, 0.5) is 0 Å². The van der Waals surface area contributed by atoms with Gasteiger partial charge in [0, 0.05) is 30.0 Å². The fourth-order valence-electron chi connectivity index (χ4n) is 1.21. The zero-order valence-electron chi connectivity index (χ0n) is 7.92. The second-order valence-electron chi connectivity index (χ2n) is 3.14. The van der Waals surface area contributed by atoms with E-state index in [0.717, 1.165) is 11.0 Å². The van der Waals surface area contributed by atoms with Crippen LogP contribution in [0.1, 0.15) is 5.69 Å². The summed E-state index contributed by atoms with van der Waals surface area (Å²) in [4.78, 5) is 2.10. The van der Waals surface area contributed by atoms with Crippen LogP contribution in [0.2, 0.25) is 0 Å². The topological polar surface area (TPSA) is 8.17 Å². The molecule has 0 aliphatic carbocycles. The first-order chi connectivity index (χ1) is 6.13. The minimum absolute atomic E-state index is 0.683. The molecule has 0 saturated heterocycles. The van der Waals surface area contributed by atoms with Gasteiger partial charge >= 0.3 is 0 Å². The van der Waals surface area contributed by atoms with Crippen molar-refractivity contribution in [2.24, 2.45) is 7.05 Å². The van der Waals surface area contributed by atoms with E-state index in [1.54, 1.807) is 0 Å². The van der Waals surface area contributed by atoms with E-state index in [0.29, 0.717) is 6.54 Å².